The lowest BCUT2D eigenvalue weighted by atomic mass is 10.0. The molecule has 2 aromatic rings. The van der Waals surface area contributed by atoms with E-state index in [9.17, 15) is 0 Å². The highest BCUT2D eigenvalue weighted by molar-refractivity contribution is 5.73. The molecule has 0 amide bonds. The number of nitrogens with zero attached hydrogens (tertiary/aromatic N) is 2. The van der Waals surface area contributed by atoms with Gasteiger partial charge in [0.15, 0.2) is 0 Å². The van der Waals surface area contributed by atoms with Crippen molar-refractivity contribution in [2.75, 3.05) is 18.5 Å². The zero-order valence-electron chi connectivity index (χ0n) is 15.7. The summed E-state index contributed by atoms with van der Waals surface area (Å²) in [5.41, 5.74) is 5.14. The Kier molecular flexibility index (Phi) is 5.01. The Morgan fingerprint density at radius 3 is 2.69 bits per heavy atom. The van der Waals surface area contributed by atoms with E-state index in [1.54, 1.807) is 0 Å². The molecule has 0 saturated carbocycles. The molecule has 0 saturated heterocycles. The molecule has 1 aliphatic heterocycles. The predicted molar refractivity (Wildman–Crippen MR) is 106 cm³/mol. The topological polar surface area (TPSA) is 34.6 Å². The van der Waals surface area contributed by atoms with Gasteiger partial charge in [-0.2, -0.15) is 0 Å². The van der Waals surface area contributed by atoms with E-state index in [2.05, 4.69) is 47.3 Å². The van der Waals surface area contributed by atoms with Gasteiger partial charge in [0.1, 0.15) is 5.75 Å². The monoisotopic (exact) mass is 348 g/mol. The number of pyridine rings is 1. The van der Waals surface area contributed by atoms with Gasteiger partial charge in [0.05, 0.1) is 18.8 Å². The summed E-state index contributed by atoms with van der Waals surface area (Å²) in [6.45, 7) is 6.89. The van der Waals surface area contributed by atoms with Crippen LogP contribution in [0.5, 0.6) is 5.75 Å². The molecule has 0 atom stereocenters. The van der Waals surface area contributed by atoms with Crippen molar-refractivity contribution in [2.24, 2.45) is 0 Å². The molecule has 1 aromatic heterocycles. The number of rotatable bonds is 4. The summed E-state index contributed by atoms with van der Waals surface area (Å²) in [7, 11) is 1.98. The summed E-state index contributed by atoms with van der Waals surface area (Å²) in [4.78, 5) is 6.50. The van der Waals surface area contributed by atoms with Gasteiger partial charge in [-0.25, -0.2) is 0 Å². The quantitative estimate of drug-likeness (QED) is 0.773. The second-order valence-corrected chi connectivity index (χ2v) is 6.88. The molecule has 1 aromatic carbocycles. The fourth-order valence-corrected chi connectivity index (χ4v) is 2.86. The summed E-state index contributed by atoms with van der Waals surface area (Å²) in [5.74, 6) is 2.85. The predicted octanol–water partition coefficient (Wildman–Crippen LogP) is 4.27. The zero-order chi connectivity index (χ0) is 18.7. The Morgan fingerprint density at radius 1 is 1.27 bits per heavy atom. The summed E-state index contributed by atoms with van der Waals surface area (Å²) < 4.78 is 11.8. The van der Waals surface area contributed by atoms with Crippen LogP contribution in [0.3, 0.4) is 0 Å². The van der Waals surface area contributed by atoms with Gasteiger partial charge in [-0.3, -0.25) is 4.98 Å². The number of hydrogen-bond donors (Lipinski definition) is 0. The van der Waals surface area contributed by atoms with Crippen molar-refractivity contribution in [1.82, 2.24) is 4.98 Å². The van der Waals surface area contributed by atoms with E-state index in [1.165, 1.54) is 0 Å². The van der Waals surface area contributed by atoms with Gasteiger partial charge in [0.2, 0.25) is 5.79 Å². The maximum atomic E-state index is 5.97. The first-order valence-corrected chi connectivity index (χ1v) is 8.64. The molecule has 1 aliphatic rings. The van der Waals surface area contributed by atoms with E-state index in [0.29, 0.717) is 13.2 Å². The van der Waals surface area contributed by atoms with Gasteiger partial charge in [0, 0.05) is 43.9 Å². The van der Waals surface area contributed by atoms with E-state index in [4.69, 9.17) is 15.9 Å². The molecular weight excluding hydrogens is 324 g/mol. The third kappa shape index (κ3) is 3.89. The lowest BCUT2D eigenvalue weighted by molar-refractivity contribution is -0.180. The largest absolute Gasteiger partial charge is 0.461 e. The molecule has 3 rings (SSSR count). The van der Waals surface area contributed by atoms with Gasteiger partial charge in [-0.15, -0.1) is 6.42 Å². The van der Waals surface area contributed by atoms with Crippen LogP contribution in [-0.2, 0) is 11.3 Å². The molecule has 4 heteroatoms. The molecule has 134 valence electrons. The number of aromatic nitrogens is 1. The Morgan fingerprint density at radius 2 is 2.00 bits per heavy atom. The Labute approximate surface area is 155 Å². The Hall–Kier alpha value is -2.77. The number of hydrogen-bond acceptors (Lipinski definition) is 4. The van der Waals surface area contributed by atoms with Crippen molar-refractivity contribution >= 4 is 17.8 Å². The molecule has 0 unspecified atom stereocenters. The highest BCUT2D eigenvalue weighted by atomic mass is 16.7. The molecule has 0 radical (unpaired) electrons. The van der Waals surface area contributed by atoms with Gasteiger partial charge in [-0.05, 0) is 24.6 Å². The SMILES string of the molecule is C#CCN(C)c1ccc(/C=C/c2cnc(C)c3c2COC(C)(C)O3)cc1. The first-order valence-electron chi connectivity index (χ1n) is 8.64. The van der Waals surface area contributed by atoms with Gasteiger partial charge < -0.3 is 14.4 Å². The van der Waals surface area contributed by atoms with Crippen LogP contribution in [0.1, 0.15) is 36.2 Å². The lowest BCUT2D eigenvalue weighted by Gasteiger charge is -2.33. The third-order valence-corrected chi connectivity index (χ3v) is 4.38. The van der Waals surface area contributed by atoms with Crippen molar-refractivity contribution in [1.29, 1.82) is 0 Å². The molecule has 0 fully saturated rings. The normalized spacial score (nSPS) is 15.2. The summed E-state index contributed by atoms with van der Waals surface area (Å²) in [6, 6.07) is 8.27. The van der Waals surface area contributed by atoms with Crippen molar-refractivity contribution in [3.63, 3.8) is 0 Å². The summed E-state index contributed by atoms with van der Waals surface area (Å²) in [6.07, 6.45) is 11.3. The summed E-state index contributed by atoms with van der Waals surface area (Å²) >= 11 is 0. The molecule has 0 aliphatic carbocycles. The van der Waals surface area contributed by atoms with Crippen molar-refractivity contribution < 1.29 is 9.47 Å². The molecule has 0 spiro atoms. The van der Waals surface area contributed by atoms with Crippen molar-refractivity contribution in [3.8, 4) is 18.1 Å². The number of fused-ring (bicyclic) bond motifs is 1. The smallest absolute Gasteiger partial charge is 0.205 e. The van der Waals surface area contributed by atoms with Gasteiger partial charge >= 0.3 is 0 Å². The van der Waals surface area contributed by atoms with Crippen molar-refractivity contribution in [2.45, 2.75) is 33.2 Å². The van der Waals surface area contributed by atoms with Crippen LogP contribution in [0, 0.1) is 19.3 Å². The van der Waals surface area contributed by atoms with E-state index in [0.717, 1.165) is 33.8 Å². The van der Waals surface area contributed by atoms with E-state index in [-0.39, 0.29) is 0 Å². The number of benzene rings is 1. The average molecular weight is 348 g/mol. The number of ether oxygens (including phenoxy) is 2. The van der Waals surface area contributed by atoms with Crippen LogP contribution in [0.4, 0.5) is 5.69 Å². The fraction of sp³-hybridized carbons (Fsp3) is 0.318. The highest BCUT2D eigenvalue weighted by Gasteiger charge is 2.30. The highest BCUT2D eigenvalue weighted by Crippen LogP contribution is 2.35. The Balaban J connectivity index is 1.83. The summed E-state index contributed by atoms with van der Waals surface area (Å²) in [5, 5.41) is 0. The minimum Gasteiger partial charge on any atom is -0.461 e. The molecule has 4 nitrogen and oxygen atoms in total. The maximum absolute atomic E-state index is 5.97. The van der Waals surface area contributed by atoms with Crippen LogP contribution < -0.4 is 9.64 Å². The van der Waals surface area contributed by atoms with Crippen molar-refractivity contribution in [3.05, 3.63) is 52.8 Å². The average Bonchev–Trinajstić information content (AvgIpc) is 2.61. The van der Waals surface area contributed by atoms with Crippen LogP contribution in [-0.4, -0.2) is 24.4 Å². The minimum absolute atomic E-state index is 0.515. The molecule has 0 N–H and O–H groups in total. The van der Waals surface area contributed by atoms with Gasteiger partial charge in [-0.1, -0.05) is 30.2 Å². The van der Waals surface area contributed by atoms with E-state index >= 15 is 0 Å². The second-order valence-electron chi connectivity index (χ2n) is 6.88. The minimum atomic E-state index is -0.623. The molecule has 0 bridgehead atoms. The second kappa shape index (κ2) is 7.23. The number of aryl methyl sites for hydroxylation is 1. The molecular formula is C22H24N2O2. The van der Waals surface area contributed by atoms with E-state index in [1.807, 2.05) is 38.9 Å². The number of anilines is 1. The van der Waals surface area contributed by atoms with Crippen LogP contribution >= 0.6 is 0 Å². The lowest BCUT2D eigenvalue weighted by Crippen LogP contribution is -2.36. The van der Waals surface area contributed by atoms with Crippen LogP contribution in [0.15, 0.2) is 30.5 Å². The van der Waals surface area contributed by atoms with E-state index < -0.39 is 5.79 Å². The fourth-order valence-electron chi connectivity index (χ4n) is 2.86. The first-order chi connectivity index (χ1) is 12.4. The maximum Gasteiger partial charge on any atom is 0.205 e. The van der Waals surface area contributed by atoms with Crippen LogP contribution in [0.2, 0.25) is 0 Å². The zero-order valence-corrected chi connectivity index (χ0v) is 15.7. The Bertz CT molecular complexity index is 861. The standard InChI is InChI=1S/C22H24N2O2/c1-6-13-24(5)19-11-8-17(9-12-19)7-10-18-14-23-16(2)21-20(18)15-25-22(3,4)26-21/h1,7-12,14H,13,15H2,2-5H3/b10-7+. The first kappa shape index (κ1) is 18.0. The third-order valence-electron chi connectivity index (χ3n) is 4.38. The van der Waals surface area contributed by atoms with Crippen LogP contribution in [0.25, 0.3) is 12.2 Å². The van der Waals surface area contributed by atoms with Gasteiger partial charge in [0.25, 0.3) is 0 Å². The molecule has 26 heavy (non-hydrogen) atoms. The number of terminal acetylenes is 1. The molecule has 2 heterocycles.